The minimum atomic E-state index is 0.0436. The maximum absolute atomic E-state index is 11.8. The summed E-state index contributed by atoms with van der Waals surface area (Å²) in [6, 6.07) is 1.02. The molecule has 2 amide bonds. The molecule has 0 aliphatic carbocycles. The molecule has 1 aromatic rings. The summed E-state index contributed by atoms with van der Waals surface area (Å²) in [5, 5.41) is 10.8. The van der Waals surface area contributed by atoms with Crippen molar-refractivity contribution in [3.63, 3.8) is 0 Å². The molecule has 0 spiro atoms. The fourth-order valence-corrected chi connectivity index (χ4v) is 2.65. The number of rotatable bonds is 5. The van der Waals surface area contributed by atoms with Gasteiger partial charge in [0.1, 0.15) is 0 Å². The topological polar surface area (TPSA) is 62.2 Å². The van der Waals surface area contributed by atoms with Crippen LogP contribution in [0.15, 0.2) is 12.4 Å². The summed E-state index contributed by atoms with van der Waals surface area (Å²) in [4.78, 5) is 13.7. The Morgan fingerprint density at radius 2 is 2.24 bits per heavy atom. The Labute approximate surface area is 126 Å². The molecule has 0 radical (unpaired) electrons. The van der Waals surface area contributed by atoms with E-state index in [1.807, 2.05) is 22.7 Å². The van der Waals surface area contributed by atoms with Crippen LogP contribution in [-0.4, -0.2) is 46.4 Å². The molecule has 118 valence electrons. The lowest BCUT2D eigenvalue weighted by Crippen LogP contribution is -2.41. The molecule has 1 aliphatic rings. The van der Waals surface area contributed by atoms with Gasteiger partial charge >= 0.3 is 6.03 Å². The van der Waals surface area contributed by atoms with Gasteiger partial charge in [0.25, 0.3) is 0 Å². The van der Waals surface area contributed by atoms with E-state index in [1.54, 1.807) is 0 Å². The average Bonchev–Trinajstić information content (AvgIpc) is 3.07. The second-order valence-electron chi connectivity index (χ2n) is 6.00. The van der Waals surface area contributed by atoms with Crippen molar-refractivity contribution < 1.29 is 4.79 Å². The van der Waals surface area contributed by atoms with Gasteiger partial charge in [-0.05, 0) is 34.1 Å². The molecule has 1 aromatic heterocycles. The number of nitrogens with one attached hydrogen (secondary N) is 2. The maximum atomic E-state index is 11.8. The quantitative estimate of drug-likeness (QED) is 0.872. The van der Waals surface area contributed by atoms with E-state index < -0.39 is 0 Å². The standard InChI is InChI=1S/C15H27N5O/c1-5-16-15(21)19-7-6-14(10-19)18-12(4)13-8-17-20(9-13)11(2)3/h8-9,11-12,14,18H,5-7,10H2,1-4H3,(H,16,21). The lowest BCUT2D eigenvalue weighted by Gasteiger charge is -2.20. The molecule has 6 heteroatoms. The zero-order valence-corrected chi connectivity index (χ0v) is 13.5. The Balaban J connectivity index is 1.86. The number of hydrogen-bond donors (Lipinski definition) is 2. The fraction of sp³-hybridized carbons (Fsp3) is 0.733. The van der Waals surface area contributed by atoms with E-state index in [0.717, 1.165) is 19.5 Å². The third-order valence-corrected chi connectivity index (χ3v) is 3.94. The zero-order valence-electron chi connectivity index (χ0n) is 13.5. The molecule has 0 aromatic carbocycles. The van der Waals surface area contributed by atoms with Crippen LogP contribution in [0.4, 0.5) is 4.79 Å². The van der Waals surface area contributed by atoms with E-state index in [1.165, 1.54) is 5.56 Å². The molecule has 21 heavy (non-hydrogen) atoms. The fourth-order valence-electron chi connectivity index (χ4n) is 2.65. The van der Waals surface area contributed by atoms with Gasteiger partial charge < -0.3 is 15.5 Å². The molecule has 0 bridgehead atoms. The molecule has 2 atom stereocenters. The summed E-state index contributed by atoms with van der Waals surface area (Å²) in [5.74, 6) is 0. The first-order valence-corrected chi connectivity index (χ1v) is 7.84. The van der Waals surface area contributed by atoms with E-state index in [4.69, 9.17) is 0 Å². The van der Waals surface area contributed by atoms with Crippen LogP contribution in [0.25, 0.3) is 0 Å². The molecular formula is C15H27N5O. The zero-order chi connectivity index (χ0) is 15.4. The molecule has 2 N–H and O–H groups in total. The first-order chi connectivity index (χ1) is 10.0. The molecular weight excluding hydrogens is 266 g/mol. The van der Waals surface area contributed by atoms with Crippen LogP contribution in [0, 0.1) is 0 Å². The van der Waals surface area contributed by atoms with Crippen molar-refractivity contribution in [1.29, 1.82) is 0 Å². The minimum absolute atomic E-state index is 0.0436. The highest BCUT2D eigenvalue weighted by Crippen LogP contribution is 2.17. The Morgan fingerprint density at radius 1 is 1.48 bits per heavy atom. The summed E-state index contributed by atoms with van der Waals surface area (Å²) in [6.07, 6.45) is 5.02. The van der Waals surface area contributed by atoms with Crippen molar-refractivity contribution in [3.05, 3.63) is 18.0 Å². The van der Waals surface area contributed by atoms with Crippen molar-refractivity contribution in [2.75, 3.05) is 19.6 Å². The summed E-state index contributed by atoms with van der Waals surface area (Å²) in [6.45, 7) is 10.6. The van der Waals surface area contributed by atoms with Crippen molar-refractivity contribution in [2.24, 2.45) is 0 Å². The second-order valence-corrected chi connectivity index (χ2v) is 6.00. The third kappa shape index (κ3) is 3.97. The van der Waals surface area contributed by atoms with Crippen LogP contribution in [-0.2, 0) is 0 Å². The number of aromatic nitrogens is 2. The second kappa shape index (κ2) is 6.93. The van der Waals surface area contributed by atoms with Crippen LogP contribution in [0.3, 0.4) is 0 Å². The van der Waals surface area contributed by atoms with E-state index in [0.29, 0.717) is 18.6 Å². The van der Waals surface area contributed by atoms with Gasteiger partial charge in [0.2, 0.25) is 0 Å². The van der Waals surface area contributed by atoms with Gasteiger partial charge in [-0.15, -0.1) is 0 Å². The number of amides is 2. The summed E-state index contributed by atoms with van der Waals surface area (Å²) >= 11 is 0. The number of nitrogens with zero attached hydrogens (tertiary/aromatic N) is 3. The smallest absolute Gasteiger partial charge is 0.317 e. The van der Waals surface area contributed by atoms with Crippen LogP contribution in [0.1, 0.15) is 51.8 Å². The van der Waals surface area contributed by atoms with Crippen molar-refractivity contribution in [3.8, 4) is 0 Å². The molecule has 1 aliphatic heterocycles. The molecule has 2 rings (SSSR count). The number of urea groups is 1. The lowest BCUT2D eigenvalue weighted by molar-refractivity contribution is 0.208. The van der Waals surface area contributed by atoms with E-state index in [9.17, 15) is 4.79 Å². The first-order valence-electron chi connectivity index (χ1n) is 7.84. The van der Waals surface area contributed by atoms with Crippen LogP contribution < -0.4 is 10.6 Å². The van der Waals surface area contributed by atoms with Gasteiger partial charge in [0, 0.05) is 49.5 Å². The van der Waals surface area contributed by atoms with Gasteiger partial charge in [0.05, 0.1) is 6.20 Å². The number of carbonyl (C=O) groups excluding carboxylic acids is 1. The molecule has 6 nitrogen and oxygen atoms in total. The highest BCUT2D eigenvalue weighted by Gasteiger charge is 2.27. The largest absolute Gasteiger partial charge is 0.338 e. The minimum Gasteiger partial charge on any atom is -0.338 e. The van der Waals surface area contributed by atoms with Gasteiger partial charge in [-0.1, -0.05) is 0 Å². The average molecular weight is 293 g/mol. The first kappa shape index (κ1) is 15.8. The molecule has 1 fully saturated rings. The summed E-state index contributed by atoms with van der Waals surface area (Å²) in [5.41, 5.74) is 1.19. The molecule has 0 saturated carbocycles. The van der Waals surface area contributed by atoms with Crippen LogP contribution in [0.5, 0.6) is 0 Å². The monoisotopic (exact) mass is 293 g/mol. The van der Waals surface area contributed by atoms with Gasteiger partial charge in [-0.25, -0.2) is 4.79 Å². The SMILES string of the molecule is CCNC(=O)N1CCC(NC(C)c2cnn(C(C)C)c2)C1. The van der Waals surface area contributed by atoms with Crippen molar-refractivity contribution in [1.82, 2.24) is 25.3 Å². The Hall–Kier alpha value is -1.56. The van der Waals surface area contributed by atoms with Crippen molar-refractivity contribution in [2.45, 2.75) is 52.2 Å². The van der Waals surface area contributed by atoms with Gasteiger partial charge in [0.15, 0.2) is 0 Å². The van der Waals surface area contributed by atoms with E-state index in [-0.39, 0.29) is 12.1 Å². The highest BCUT2D eigenvalue weighted by atomic mass is 16.2. The van der Waals surface area contributed by atoms with E-state index >= 15 is 0 Å². The Morgan fingerprint density at radius 3 is 2.86 bits per heavy atom. The number of hydrogen-bond acceptors (Lipinski definition) is 3. The van der Waals surface area contributed by atoms with Gasteiger partial charge in [-0.3, -0.25) is 4.68 Å². The lowest BCUT2D eigenvalue weighted by atomic mass is 10.1. The van der Waals surface area contributed by atoms with E-state index in [2.05, 4.69) is 42.7 Å². The molecule has 1 saturated heterocycles. The van der Waals surface area contributed by atoms with Crippen LogP contribution in [0.2, 0.25) is 0 Å². The summed E-state index contributed by atoms with van der Waals surface area (Å²) < 4.78 is 1.98. The number of carbonyl (C=O) groups is 1. The van der Waals surface area contributed by atoms with Gasteiger partial charge in [-0.2, -0.15) is 5.10 Å². The third-order valence-electron chi connectivity index (χ3n) is 3.94. The predicted molar refractivity (Wildman–Crippen MR) is 83.2 cm³/mol. The summed E-state index contributed by atoms with van der Waals surface area (Å²) in [7, 11) is 0. The van der Waals surface area contributed by atoms with Crippen LogP contribution >= 0.6 is 0 Å². The normalized spacial score (nSPS) is 20.0. The van der Waals surface area contributed by atoms with Crippen molar-refractivity contribution >= 4 is 6.03 Å². The maximum Gasteiger partial charge on any atom is 0.317 e. The predicted octanol–water partition coefficient (Wildman–Crippen LogP) is 1.92. The number of likely N-dealkylation sites (tertiary alicyclic amines) is 1. The molecule has 2 heterocycles. The molecule has 2 unspecified atom stereocenters. The highest BCUT2D eigenvalue weighted by molar-refractivity contribution is 5.74. The Kier molecular flexibility index (Phi) is 5.22. The Bertz CT molecular complexity index is 470.